The number of carbonyl (C=O) groups excluding carboxylic acids is 1. The van der Waals surface area contributed by atoms with Gasteiger partial charge in [-0.05, 0) is 43.2 Å². The van der Waals surface area contributed by atoms with Gasteiger partial charge in [-0.2, -0.15) is 0 Å². The lowest BCUT2D eigenvalue weighted by Gasteiger charge is -2.18. The summed E-state index contributed by atoms with van der Waals surface area (Å²) in [6, 6.07) is 15.3. The second-order valence-corrected chi connectivity index (χ2v) is 5.40. The molecule has 0 fully saturated rings. The predicted molar refractivity (Wildman–Crippen MR) is 90.8 cm³/mol. The van der Waals surface area contributed by atoms with Gasteiger partial charge in [0.15, 0.2) is 6.61 Å². The Morgan fingerprint density at radius 1 is 1.04 bits per heavy atom. The first-order valence-corrected chi connectivity index (χ1v) is 7.75. The third-order valence-electron chi connectivity index (χ3n) is 3.65. The van der Waals surface area contributed by atoms with Crippen molar-refractivity contribution in [2.75, 3.05) is 13.7 Å². The van der Waals surface area contributed by atoms with Crippen LogP contribution in [0.3, 0.4) is 0 Å². The maximum Gasteiger partial charge on any atom is 0.258 e. The van der Waals surface area contributed by atoms with Crippen LogP contribution in [-0.4, -0.2) is 19.6 Å². The molecule has 2 aromatic carbocycles. The van der Waals surface area contributed by atoms with Crippen molar-refractivity contribution >= 4 is 5.91 Å². The van der Waals surface area contributed by atoms with Crippen LogP contribution in [0, 0.1) is 6.92 Å². The Balaban J connectivity index is 1.89. The summed E-state index contributed by atoms with van der Waals surface area (Å²) in [5, 5.41) is 3.00. The Hall–Kier alpha value is -2.49. The van der Waals surface area contributed by atoms with Crippen molar-refractivity contribution in [1.29, 1.82) is 0 Å². The molecule has 0 aliphatic rings. The molecule has 0 heterocycles. The third-order valence-corrected chi connectivity index (χ3v) is 3.65. The second kappa shape index (κ2) is 8.22. The minimum absolute atomic E-state index is 0.00964. The zero-order valence-electron chi connectivity index (χ0n) is 13.8. The van der Waals surface area contributed by atoms with Crippen molar-refractivity contribution in [1.82, 2.24) is 5.32 Å². The van der Waals surface area contributed by atoms with Gasteiger partial charge in [-0.3, -0.25) is 4.79 Å². The first kappa shape index (κ1) is 16.9. The van der Waals surface area contributed by atoms with Crippen LogP contribution in [0.2, 0.25) is 0 Å². The Bertz CT molecular complexity index is 620. The molecule has 122 valence electrons. The molecule has 1 amide bonds. The van der Waals surface area contributed by atoms with E-state index in [4.69, 9.17) is 9.47 Å². The van der Waals surface area contributed by atoms with E-state index in [0.717, 1.165) is 23.3 Å². The highest BCUT2D eigenvalue weighted by atomic mass is 16.5. The minimum atomic E-state index is -0.131. The van der Waals surface area contributed by atoms with E-state index in [1.165, 1.54) is 0 Å². The number of methoxy groups -OCH3 is 1. The molecule has 2 rings (SSSR count). The van der Waals surface area contributed by atoms with Crippen molar-refractivity contribution in [2.45, 2.75) is 26.3 Å². The summed E-state index contributed by atoms with van der Waals surface area (Å²) in [5.41, 5.74) is 2.21. The van der Waals surface area contributed by atoms with Gasteiger partial charge in [-0.1, -0.05) is 36.8 Å². The number of rotatable bonds is 7. The van der Waals surface area contributed by atoms with Crippen LogP contribution in [0.25, 0.3) is 0 Å². The van der Waals surface area contributed by atoms with Gasteiger partial charge in [-0.15, -0.1) is 0 Å². The van der Waals surface area contributed by atoms with Gasteiger partial charge in [0.1, 0.15) is 11.5 Å². The van der Waals surface area contributed by atoms with E-state index >= 15 is 0 Å². The average Bonchev–Trinajstić information content (AvgIpc) is 2.59. The maximum atomic E-state index is 12.1. The molecule has 0 aliphatic carbocycles. The monoisotopic (exact) mass is 313 g/mol. The minimum Gasteiger partial charge on any atom is -0.497 e. The Morgan fingerprint density at radius 3 is 2.22 bits per heavy atom. The maximum absolute atomic E-state index is 12.1. The Labute approximate surface area is 137 Å². The molecule has 4 heteroatoms. The van der Waals surface area contributed by atoms with E-state index < -0.39 is 0 Å². The lowest BCUT2D eigenvalue weighted by molar-refractivity contribution is -0.123. The van der Waals surface area contributed by atoms with Gasteiger partial charge in [0.25, 0.3) is 5.91 Å². The van der Waals surface area contributed by atoms with Gasteiger partial charge in [0.2, 0.25) is 0 Å². The molecule has 4 nitrogen and oxygen atoms in total. The molecule has 2 aromatic rings. The summed E-state index contributed by atoms with van der Waals surface area (Å²) in [7, 11) is 1.64. The van der Waals surface area contributed by atoms with Crippen LogP contribution in [0.1, 0.15) is 30.5 Å². The molecule has 0 radical (unpaired) electrons. The summed E-state index contributed by atoms with van der Waals surface area (Å²) in [6.45, 7) is 4.06. The molecule has 0 bridgehead atoms. The van der Waals surface area contributed by atoms with Gasteiger partial charge in [0, 0.05) is 0 Å². The number of benzene rings is 2. The largest absolute Gasteiger partial charge is 0.497 e. The summed E-state index contributed by atoms with van der Waals surface area (Å²) in [5.74, 6) is 1.37. The number of amides is 1. The summed E-state index contributed by atoms with van der Waals surface area (Å²) >= 11 is 0. The average molecular weight is 313 g/mol. The van der Waals surface area contributed by atoms with Crippen molar-refractivity contribution in [3.63, 3.8) is 0 Å². The number of aryl methyl sites for hydroxylation is 1. The van der Waals surface area contributed by atoms with E-state index in [9.17, 15) is 4.79 Å². The van der Waals surface area contributed by atoms with Crippen LogP contribution in [-0.2, 0) is 4.79 Å². The highest BCUT2D eigenvalue weighted by Crippen LogP contribution is 2.20. The SMILES string of the molecule is CC[C@H](NC(=O)COc1ccc(C)cc1)c1ccc(OC)cc1. The normalized spacial score (nSPS) is 11.6. The van der Waals surface area contributed by atoms with Gasteiger partial charge in [0.05, 0.1) is 13.2 Å². The zero-order valence-corrected chi connectivity index (χ0v) is 13.8. The molecular weight excluding hydrogens is 290 g/mol. The van der Waals surface area contributed by atoms with E-state index in [1.807, 2.05) is 62.4 Å². The quantitative estimate of drug-likeness (QED) is 0.849. The Kier molecular flexibility index (Phi) is 6.03. The zero-order chi connectivity index (χ0) is 16.7. The lowest BCUT2D eigenvalue weighted by atomic mass is 10.0. The highest BCUT2D eigenvalue weighted by Gasteiger charge is 2.13. The molecule has 0 saturated heterocycles. The first-order chi connectivity index (χ1) is 11.1. The molecule has 0 spiro atoms. The van der Waals surface area contributed by atoms with Crippen LogP contribution < -0.4 is 14.8 Å². The number of carbonyl (C=O) groups is 1. The fourth-order valence-corrected chi connectivity index (χ4v) is 2.28. The summed E-state index contributed by atoms with van der Waals surface area (Å²) in [6.07, 6.45) is 0.808. The van der Waals surface area contributed by atoms with E-state index in [2.05, 4.69) is 5.32 Å². The van der Waals surface area contributed by atoms with E-state index in [1.54, 1.807) is 7.11 Å². The fourth-order valence-electron chi connectivity index (χ4n) is 2.28. The van der Waals surface area contributed by atoms with E-state index in [0.29, 0.717) is 5.75 Å². The van der Waals surface area contributed by atoms with Crippen LogP contribution >= 0.6 is 0 Å². The number of hydrogen-bond donors (Lipinski definition) is 1. The van der Waals surface area contributed by atoms with Gasteiger partial charge in [-0.25, -0.2) is 0 Å². The fraction of sp³-hybridized carbons (Fsp3) is 0.316. The standard InChI is InChI=1S/C19H23NO3/c1-4-18(15-7-11-16(22-3)12-8-15)20-19(21)13-23-17-9-5-14(2)6-10-17/h5-12,18H,4,13H2,1-3H3,(H,20,21)/t18-/m0/s1. The van der Waals surface area contributed by atoms with Crippen LogP contribution in [0.15, 0.2) is 48.5 Å². The molecule has 0 aliphatic heterocycles. The van der Waals surface area contributed by atoms with Gasteiger partial charge < -0.3 is 14.8 Å². The second-order valence-electron chi connectivity index (χ2n) is 5.40. The van der Waals surface area contributed by atoms with Crippen LogP contribution in [0.5, 0.6) is 11.5 Å². The number of nitrogens with one attached hydrogen (secondary N) is 1. The van der Waals surface area contributed by atoms with Crippen molar-refractivity contribution in [2.24, 2.45) is 0 Å². The molecule has 23 heavy (non-hydrogen) atoms. The van der Waals surface area contributed by atoms with Crippen molar-refractivity contribution < 1.29 is 14.3 Å². The summed E-state index contributed by atoms with van der Waals surface area (Å²) in [4.78, 5) is 12.1. The Morgan fingerprint density at radius 2 is 1.65 bits per heavy atom. The predicted octanol–water partition coefficient (Wildman–Crippen LogP) is 3.65. The van der Waals surface area contributed by atoms with Gasteiger partial charge >= 0.3 is 0 Å². The molecular formula is C19H23NO3. The molecule has 1 atom stereocenters. The summed E-state index contributed by atoms with van der Waals surface area (Å²) < 4.78 is 10.7. The highest BCUT2D eigenvalue weighted by molar-refractivity contribution is 5.78. The smallest absolute Gasteiger partial charge is 0.258 e. The number of hydrogen-bond acceptors (Lipinski definition) is 3. The first-order valence-electron chi connectivity index (χ1n) is 7.75. The van der Waals surface area contributed by atoms with Crippen molar-refractivity contribution in [3.8, 4) is 11.5 Å². The molecule has 1 N–H and O–H groups in total. The van der Waals surface area contributed by atoms with Crippen molar-refractivity contribution in [3.05, 3.63) is 59.7 Å². The molecule has 0 unspecified atom stereocenters. The number of ether oxygens (including phenoxy) is 2. The molecule has 0 saturated carbocycles. The van der Waals surface area contributed by atoms with E-state index in [-0.39, 0.29) is 18.6 Å². The molecule has 0 aromatic heterocycles. The van der Waals surface area contributed by atoms with Crippen LogP contribution in [0.4, 0.5) is 0 Å². The topological polar surface area (TPSA) is 47.6 Å². The third kappa shape index (κ3) is 5.02. The lowest BCUT2D eigenvalue weighted by Crippen LogP contribution is -2.32.